The Kier molecular flexibility index (Phi) is 3.30. The quantitative estimate of drug-likeness (QED) is 0.670. The molecule has 0 amide bonds. The maximum atomic E-state index is 9.32. The fourth-order valence-corrected chi connectivity index (χ4v) is 2.51. The molecular weight excluding hydrogens is 246 g/mol. The Morgan fingerprint density at radius 1 is 0.850 bits per heavy atom. The van der Waals surface area contributed by atoms with Gasteiger partial charge in [-0.3, -0.25) is 0 Å². The Bertz CT molecular complexity index is 714. The van der Waals surface area contributed by atoms with Crippen molar-refractivity contribution in [3.63, 3.8) is 0 Å². The molecule has 3 aromatic rings. The van der Waals surface area contributed by atoms with Crippen molar-refractivity contribution in [1.29, 1.82) is 0 Å². The number of hydrogen-bond donors (Lipinski definition) is 2. The van der Waals surface area contributed by atoms with Crippen molar-refractivity contribution < 1.29 is 5.11 Å². The van der Waals surface area contributed by atoms with Gasteiger partial charge >= 0.3 is 0 Å². The normalized spacial score (nSPS) is 12.2. The minimum absolute atomic E-state index is 0.200. The molecule has 0 aromatic heterocycles. The molecule has 0 aliphatic carbocycles. The summed E-state index contributed by atoms with van der Waals surface area (Å²) in [5.41, 5.74) is 2.28. The van der Waals surface area contributed by atoms with Crippen LogP contribution in [0.25, 0.3) is 10.8 Å². The van der Waals surface area contributed by atoms with E-state index in [9.17, 15) is 5.11 Å². The molecule has 2 heteroatoms. The van der Waals surface area contributed by atoms with Crippen molar-refractivity contribution in [3.05, 3.63) is 72.3 Å². The monoisotopic (exact) mass is 263 g/mol. The molecule has 0 radical (unpaired) electrons. The lowest BCUT2D eigenvalue weighted by Crippen LogP contribution is -2.06. The molecule has 0 heterocycles. The highest BCUT2D eigenvalue weighted by atomic mass is 16.3. The van der Waals surface area contributed by atoms with Gasteiger partial charge in [0, 0.05) is 11.7 Å². The molecule has 1 atom stereocenters. The summed E-state index contributed by atoms with van der Waals surface area (Å²) in [6.45, 7) is 2.15. The predicted molar refractivity (Wildman–Crippen MR) is 84.1 cm³/mol. The number of phenolic OH excluding ortho intramolecular Hbond substituents is 1. The summed E-state index contributed by atoms with van der Waals surface area (Å²) in [5.74, 6) is 0.286. The maximum absolute atomic E-state index is 9.32. The second-order valence-corrected chi connectivity index (χ2v) is 4.98. The van der Waals surface area contributed by atoms with Crippen LogP contribution in [0, 0.1) is 0 Å². The summed E-state index contributed by atoms with van der Waals surface area (Å²) in [4.78, 5) is 0. The van der Waals surface area contributed by atoms with Crippen LogP contribution in [0.5, 0.6) is 5.75 Å². The van der Waals surface area contributed by atoms with E-state index in [1.54, 1.807) is 12.1 Å². The minimum atomic E-state index is 0.200. The Labute approximate surface area is 118 Å². The van der Waals surface area contributed by atoms with Crippen molar-refractivity contribution in [2.24, 2.45) is 0 Å². The first-order valence-corrected chi connectivity index (χ1v) is 6.77. The van der Waals surface area contributed by atoms with E-state index in [0.717, 1.165) is 5.69 Å². The Morgan fingerprint density at radius 2 is 1.55 bits per heavy atom. The molecule has 20 heavy (non-hydrogen) atoms. The summed E-state index contributed by atoms with van der Waals surface area (Å²) in [6, 6.07) is 22.1. The predicted octanol–water partition coefficient (Wildman–Crippen LogP) is 4.72. The lowest BCUT2D eigenvalue weighted by atomic mass is 9.99. The first kappa shape index (κ1) is 12.5. The van der Waals surface area contributed by atoms with Crippen LogP contribution in [0.1, 0.15) is 18.5 Å². The summed E-state index contributed by atoms with van der Waals surface area (Å²) in [5, 5.41) is 15.3. The first-order chi connectivity index (χ1) is 9.74. The molecule has 3 aromatic carbocycles. The van der Waals surface area contributed by atoms with Gasteiger partial charge in [-0.25, -0.2) is 0 Å². The molecule has 0 aliphatic rings. The van der Waals surface area contributed by atoms with Gasteiger partial charge in [0.1, 0.15) is 5.75 Å². The molecule has 2 N–H and O–H groups in total. The van der Waals surface area contributed by atoms with E-state index in [2.05, 4.69) is 54.7 Å². The third-order valence-electron chi connectivity index (χ3n) is 3.54. The molecule has 100 valence electrons. The van der Waals surface area contributed by atoms with Crippen LogP contribution in [0.15, 0.2) is 66.7 Å². The second-order valence-electron chi connectivity index (χ2n) is 4.98. The molecule has 0 bridgehead atoms. The number of aromatic hydroxyl groups is 1. The topological polar surface area (TPSA) is 32.3 Å². The number of nitrogens with one attached hydrogen (secondary N) is 1. The van der Waals surface area contributed by atoms with E-state index >= 15 is 0 Å². The maximum Gasteiger partial charge on any atom is 0.115 e. The lowest BCUT2D eigenvalue weighted by molar-refractivity contribution is 0.475. The van der Waals surface area contributed by atoms with Crippen LogP contribution in [-0.4, -0.2) is 5.11 Å². The average Bonchev–Trinajstić information content (AvgIpc) is 2.49. The van der Waals surface area contributed by atoms with Gasteiger partial charge in [0.05, 0.1) is 0 Å². The number of phenols is 1. The Balaban J connectivity index is 1.92. The molecule has 0 aliphatic heterocycles. The van der Waals surface area contributed by atoms with Crippen LogP contribution < -0.4 is 5.32 Å². The van der Waals surface area contributed by atoms with Gasteiger partial charge in [-0.1, -0.05) is 42.5 Å². The zero-order valence-corrected chi connectivity index (χ0v) is 11.4. The van der Waals surface area contributed by atoms with Gasteiger partial charge in [0.2, 0.25) is 0 Å². The largest absolute Gasteiger partial charge is 0.508 e. The highest BCUT2D eigenvalue weighted by Crippen LogP contribution is 2.27. The number of rotatable bonds is 3. The van der Waals surface area contributed by atoms with Crippen LogP contribution in [0.4, 0.5) is 5.69 Å². The van der Waals surface area contributed by atoms with Gasteiger partial charge in [-0.2, -0.15) is 0 Å². The van der Waals surface area contributed by atoms with Gasteiger partial charge < -0.3 is 10.4 Å². The summed E-state index contributed by atoms with van der Waals surface area (Å²) in [6.07, 6.45) is 0. The number of benzene rings is 3. The van der Waals surface area contributed by atoms with E-state index in [1.165, 1.54) is 16.3 Å². The van der Waals surface area contributed by atoms with Gasteiger partial charge in [-0.05, 0) is 47.5 Å². The smallest absolute Gasteiger partial charge is 0.115 e. The molecule has 1 unspecified atom stereocenters. The standard InChI is InChI=1S/C18H17NO/c1-13(19-15-9-11-16(20)12-10-15)17-8-4-6-14-5-2-3-7-18(14)17/h2-13,19-20H,1H3. The first-order valence-electron chi connectivity index (χ1n) is 6.77. The number of fused-ring (bicyclic) bond motifs is 1. The van der Waals surface area contributed by atoms with Crippen LogP contribution in [0.2, 0.25) is 0 Å². The summed E-state index contributed by atoms with van der Waals surface area (Å²) < 4.78 is 0. The van der Waals surface area contributed by atoms with E-state index < -0.39 is 0 Å². The molecule has 0 saturated carbocycles. The molecular formula is C18H17NO. The summed E-state index contributed by atoms with van der Waals surface area (Å²) in [7, 11) is 0. The molecule has 3 rings (SSSR count). The van der Waals surface area contributed by atoms with Crippen molar-refractivity contribution in [1.82, 2.24) is 0 Å². The molecule has 2 nitrogen and oxygen atoms in total. The second kappa shape index (κ2) is 5.25. The summed E-state index contributed by atoms with van der Waals surface area (Å²) >= 11 is 0. The number of hydrogen-bond acceptors (Lipinski definition) is 2. The Morgan fingerprint density at radius 3 is 2.35 bits per heavy atom. The van der Waals surface area contributed by atoms with Gasteiger partial charge in [-0.15, -0.1) is 0 Å². The van der Waals surface area contributed by atoms with Crippen LogP contribution >= 0.6 is 0 Å². The van der Waals surface area contributed by atoms with E-state index in [-0.39, 0.29) is 11.8 Å². The fourth-order valence-electron chi connectivity index (χ4n) is 2.51. The molecule has 0 spiro atoms. The van der Waals surface area contributed by atoms with Crippen molar-refractivity contribution >= 4 is 16.5 Å². The van der Waals surface area contributed by atoms with Crippen molar-refractivity contribution in [2.45, 2.75) is 13.0 Å². The highest BCUT2D eigenvalue weighted by molar-refractivity contribution is 5.86. The Hall–Kier alpha value is -2.48. The lowest BCUT2D eigenvalue weighted by Gasteiger charge is -2.18. The highest BCUT2D eigenvalue weighted by Gasteiger charge is 2.08. The third kappa shape index (κ3) is 2.45. The molecule has 0 saturated heterocycles. The zero-order valence-electron chi connectivity index (χ0n) is 11.4. The fraction of sp³-hybridized carbons (Fsp3) is 0.111. The van der Waals surface area contributed by atoms with E-state index in [1.807, 2.05) is 12.1 Å². The minimum Gasteiger partial charge on any atom is -0.508 e. The number of anilines is 1. The SMILES string of the molecule is CC(Nc1ccc(O)cc1)c1cccc2ccccc12. The van der Waals surface area contributed by atoms with Crippen LogP contribution in [0.3, 0.4) is 0 Å². The van der Waals surface area contributed by atoms with Gasteiger partial charge in [0.15, 0.2) is 0 Å². The average molecular weight is 263 g/mol. The van der Waals surface area contributed by atoms with Crippen molar-refractivity contribution in [2.75, 3.05) is 5.32 Å². The van der Waals surface area contributed by atoms with Crippen molar-refractivity contribution in [3.8, 4) is 5.75 Å². The van der Waals surface area contributed by atoms with Gasteiger partial charge in [0.25, 0.3) is 0 Å². The third-order valence-corrected chi connectivity index (χ3v) is 3.54. The molecule has 0 fully saturated rings. The zero-order chi connectivity index (χ0) is 13.9. The van der Waals surface area contributed by atoms with E-state index in [0.29, 0.717) is 0 Å². The van der Waals surface area contributed by atoms with Crippen LogP contribution in [-0.2, 0) is 0 Å². The van der Waals surface area contributed by atoms with E-state index in [4.69, 9.17) is 0 Å².